The number of nitro groups is 1. The van der Waals surface area contributed by atoms with Gasteiger partial charge in [-0.25, -0.2) is 4.68 Å². The standard InChI is InChI=1S/C19H21N5O3/c1-4-13(2)20-19(25)18-12-16(17-6-5-11-22(17)3)21-23(18)14-7-9-15(10-8-14)24(26)27/h5-13H,4H2,1-3H3,(H,20,25). The predicted octanol–water partition coefficient (Wildman–Crippen LogP) is 3.31. The second-order valence-corrected chi connectivity index (χ2v) is 6.39. The lowest BCUT2D eigenvalue weighted by Gasteiger charge is -2.12. The molecule has 1 N–H and O–H groups in total. The van der Waals surface area contributed by atoms with E-state index in [9.17, 15) is 14.9 Å². The molecule has 0 aliphatic heterocycles. The molecular formula is C19H21N5O3. The summed E-state index contributed by atoms with van der Waals surface area (Å²) in [5.41, 5.74) is 2.46. The first-order chi connectivity index (χ1) is 12.9. The SMILES string of the molecule is CCC(C)NC(=O)c1cc(-c2cccn2C)nn1-c1ccc([N+](=O)[O-])cc1. The van der Waals surface area contributed by atoms with E-state index in [1.54, 1.807) is 18.2 Å². The van der Waals surface area contributed by atoms with E-state index in [1.165, 1.54) is 16.8 Å². The molecule has 0 spiro atoms. The molecule has 3 aromatic rings. The average molecular weight is 367 g/mol. The number of nitro benzene ring substituents is 1. The normalized spacial score (nSPS) is 12.0. The first-order valence-corrected chi connectivity index (χ1v) is 8.68. The molecule has 140 valence electrons. The van der Waals surface area contributed by atoms with E-state index in [4.69, 9.17) is 0 Å². The Hall–Kier alpha value is -3.42. The summed E-state index contributed by atoms with van der Waals surface area (Å²) in [6.45, 7) is 3.93. The number of benzene rings is 1. The molecule has 0 bridgehead atoms. The molecule has 0 saturated carbocycles. The fraction of sp³-hybridized carbons (Fsp3) is 0.263. The van der Waals surface area contributed by atoms with Crippen molar-refractivity contribution in [3.05, 3.63) is 64.5 Å². The van der Waals surface area contributed by atoms with E-state index in [1.807, 2.05) is 43.8 Å². The van der Waals surface area contributed by atoms with Crippen LogP contribution in [0.3, 0.4) is 0 Å². The van der Waals surface area contributed by atoms with E-state index in [2.05, 4.69) is 10.4 Å². The largest absolute Gasteiger partial charge is 0.349 e. The second kappa shape index (κ2) is 7.45. The van der Waals surface area contributed by atoms with Gasteiger partial charge in [-0.2, -0.15) is 5.10 Å². The van der Waals surface area contributed by atoms with Gasteiger partial charge in [-0.05, 0) is 43.7 Å². The molecule has 0 aliphatic rings. The summed E-state index contributed by atoms with van der Waals surface area (Å²) in [7, 11) is 1.90. The van der Waals surface area contributed by atoms with Crippen LogP contribution in [0.5, 0.6) is 0 Å². The van der Waals surface area contributed by atoms with Crippen molar-refractivity contribution < 1.29 is 9.72 Å². The lowest BCUT2D eigenvalue weighted by Crippen LogP contribution is -2.33. The van der Waals surface area contributed by atoms with Crippen molar-refractivity contribution in [2.45, 2.75) is 26.3 Å². The lowest BCUT2D eigenvalue weighted by molar-refractivity contribution is -0.384. The van der Waals surface area contributed by atoms with Crippen LogP contribution >= 0.6 is 0 Å². The highest BCUT2D eigenvalue weighted by Crippen LogP contribution is 2.23. The number of aromatic nitrogens is 3. The third-order valence-corrected chi connectivity index (χ3v) is 4.44. The fourth-order valence-corrected chi connectivity index (χ4v) is 2.71. The first kappa shape index (κ1) is 18.4. The summed E-state index contributed by atoms with van der Waals surface area (Å²) in [6.07, 6.45) is 2.71. The molecule has 1 amide bonds. The van der Waals surface area contributed by atoms with Gasteiger partial charge < -0.3 is 9.88 Å². The Kier molecular flexibility index (Phi) is 5.07. The topological polar surface area (TPSA) is 95.0 Å². The second-order valence-electron chi connectivity index (χ2n) is 6.39. The van der Waals surface area contributed by atoms with Gasteiger partial charge in [0.05, 0.1) is 16.3 Å². The summed E-state index contributed by atoms with van der Waals surface area (Å²) in [5.74, 6) is -0.240. The molecule has 3 rings (SSSR count). The van der Waals surface area contributed by atoms with Crippen LogP contribution in [0.2, 0.25) is 0 Å². The molecule has 1 unspecified atom stereocenters. The number of rotatable bonds is 6. The number of hydrogen-bond donors (Lipinski definition) is 1. The number of amides is 1. The summed E-state index contributed by atoms with van der Waals surface area (Å²) in [6, 6.07) is 11.5. The van der Waals surface area contributed by atoms with Crippen molar-refractivity contribution >= 4 is 11.6 Å². The number of aryl methyl sites for hydroxylation is 1. The van der Waals surface area contributed by atoms with Gasteiger partial charge >= 0.3 is 0 Å². The summed E-state index contributed by atoms with van der Waals surface area (Å²) in [5, 5.41) is 18.4. The Balaban J connectivity index is 2.07. The molecule has 27 heavy (non-hydrogen) atoms. The van der Waals surface area contributed by atoms with Crippen LogP contribution in [0.4, 0.5) is 5.69 Å². The predicted molar refractivity (Wildman–Crippen MR) is 102 cm³/mol. The third-order valence-electron chi connectivity index (χ3n) is 4.44. The molecule has 1 aromatic carbocycles. The molecule has 1 atom stereocenters. The minimum Gasteiger partial charge on any atom is -0.349 e. The summed E-state index contributed by atoms with van der Waals surface area (Å²) < 4.78 is 3.43. The number of carbonyl (C=O) groups is 1. The smallest absolute Gasteiger partial charge is 0.270 e. The van der Waals surface area contributed by atoms with Crippen LogP contribution < -0.4 is 5.32 Å². The van der Waals surface area contributed by atoms with Crippen LogP contribution in [0.15, 0.2) is 48.7 Å². The van der Waals surface area contributed by atoms with Crippen LogP contribution in [-0.4, -0.2) is 31.2 Å². The molecule has 0 aliphatic carbocycles. The molecule has 0 saturated heterocycles. The summed E-state index contributed by atoms with van der Waals surface area (Å²) >= 11 is 0. The van der Waals surface area contributed by atoms with E-state index in [0.29, 0.717) is 17.1 Å². The monoisotopic (exact) mass is 367 g/mol. The maximum absolute atomic E-state index is 12.8. The van der Waals surface area contributed by atoms with Crippen LogP contribution in [-0.2, 0) is 7.05 Å². The molecule has 8 nitrogen and oxygen atoms in total. The van der Waals surface area contributed by atoms with Gasteiger partial charge in [0.1, 0.15) is 11.4 Å². The van der Waals surface area contributed by atoms with Crippen molar-refractivity contribution in [1.82, 2.24) is 19.7 Å². The Morgan fingerprint density at radius 2 is 2.00 bits per heavy atom. The van der Waals surface area contributed by atoms with E-state index in [-0.39, 0.29) is 17.6 Å². The molecule has 8 heteroatoms. The zero-order chi connectivity index (χ0) is 19.6. The zero-order valence-corrected chi connectivity index (χ0v) is 15.4. The van der Waals surface area contributed by atoms with Crippen LogP contribution in [0.25, 0.3) is 17.1 Å². The number of non-ortho nitro benzene ring substituents is 1. The highest BCUT2D eigenvalue weighted by molar-refractivity contribution is 5.94. The third kappa shape index (κ3) is 3.74. The molecule has 2 heterocycles. The van der Waals surface area contributed by atoms with Gasteiger partial charge in [0.15, 0.2) is 0 Å². The Morgan fingerprint density at radius 3 is 2.56 bits per heavy atom. The van der Waals surface area contributed by atoms with Crippen LogP contribution in [0, 0.1) is 10.1 Å². The molecule has 2 aromatic heterocycles. The molecule has 0 radical (unpaired) electrons. The number of nitrogens with zero attached hydrogens (tertiary/aromatic N) is 4. The van der Waals surface area contributed by atoms with Gasteiger partial charge in [-0.15, -0.1) is 0 Å². The van der Waals surface area contributed by atoms with Gasteiger partial charge in [0.2, 0.25) is 0 Å². The van der Waals surface area contributed by atoms with Gasteiger partial charge in [0, 0.05) is 31.4 Å². The maximum Gasteiger partial charge on any atom is 0.270 e. The van der Waals surface area contributed by atoms with Gasteiger partial charge in [-0.3, -0.25) is 14.9 Å². The van der Waals surface area contributed by atoms with Crippen molar-refractivity contribution in [2.24, 2.45) is 7.05 Å². The average Bonchev–Trinajstić information content (AvgIpc) is 3.27. The lowest BCUT2D eigenvalue weighted by atomic mass is 10.2. The fourth-order valence-electron chi connectivity index (χ4n) is 2.71. The Labute approximate surface area is 156 Å². The van der Waals surface area contributed by atoms with Crippen molar-refractivity contribution in [1.29, 1.82) is 0 Å². The van der Waals surface area contributed by atoms with Crippen molar-refractivity contribution in [3.8, 4) is 17.1 Å². The van der Waals surface area contributed by atoms with E-state index >= 15 is 0 Å². The van der Waals surface area contributed by atoms with E-state index in [0.717, 1.165) is 12.1 Å². The zero-order valence-electron chi connectivity index (χ0n) is 15.4. The Bertz CT molecular complexity index is 972. The minimum atomic E-state index is -0.460. The van der Waals surface area contributed by atoms with Gasteiger partial charge in [-0.1, -0.05) is 6.92 Å². The van der Waals surface area contributed by atoms with Crippen LogP contribution in [0.1, 0.15) is 30.8 Å². The molecule has 0 fully saturated rings. The number of carbonyl (C=O) groups excluding carboxylic acids is 1. The maximum atomic E-state index is 12.8. The Morgan fingerprint density at radius 1 is 1.30 bits per heavy atom. The molecular weight excluding hydrogens is 346 g/mol. The quantitative estimate of drug-likeness (QED) is 0.534. The highest BCUT2D eigenvalue weighted by Gasteiger charge is 2.20. The first-order valence-electron chi connectivity index (χ1n) is 8.68. The minimum absolute atomic E-state index is 0.0147. The van der Waals surface area contributed by atoms with Crippen molar-refractivity contribution in [2.75, 3.05) is 0 Å². The number of nitrogens with one attached hydrogen (secondary N) is 1. The van der Waals surface area contributed by atoms with E-state index < -0.39 is 4.92 Å². The van der Waals surface area contributed by atoms with Gasteiger partial charge in [0.25, 0.3) is 11.6 Å². The highest BCUT2D eigenvalue weighted by atomic mass is 16.6. The number of hydrogen-bond acceptors (Lipinski definition) is 4. The van der Waals surface area contributed by atoms with Crippen molar-refractivity contribution in [3.63, 3.8) is 0 Å². The summed E-state index contributed by atoms with van der Waals surface area (Å²) in [4.78, 5) is 23.2.